The second kappa shape index (κ2) is 11.7. The number of imide groups is 1. The van der Waals surface area contributed by atoms with Crippen molar-refractivity contribution in [1.29, 1.82) is 5.26 Å². The zero-order valence-corrected chi connectivity index (χ0v) is 22.5. The van der Waals surface area contributed by atoms with Crippen molar-refractivity contribution in [2.75, 3.05) is 37.6 Å². The number of rotatable bonds is 8. The van der Waals surface area contributed by atoms with E-state index in [9.17, 15) is 27.6 Å². The number of anilines is 1. The molecule has 2 heterocycles. The quantitative estimate of drug-likeness (QED) is 0.351. The van der Waals surface area contributed by atoms with Crippen LogP contribution in [0.5, 0.6) is 0 Å². The molecule has 1 aromatic rings. The molecule has 1 fully saturated rings. The van der Waals surface area contributed by atoms with Crippen molar-refractivity contribution in [2.24, 2.45) is 5.41 Å². The van der Waals surface area contributed by atoms with Gasteiger partial charge in [0.05, 0.1) is 22.9 Å². The average molecular weight is 533 g/mol. The van der Waals surface area contributed by atoms with E-state index in [4.69, 9.17) is 5.26 Å². The fourth-order valence-electron chi connectivity index (χ4n) is 4.82. The van der Waals surface area contributed by atoms with Gasteiger partial charge in [0.15, 0.2) is 0 Å². The third-order valence-corrected chi connectivity index (χ3v) is 6.93. The molecule has 2 aliphatic heterocycles. The van der Waals surface area contributed by atoms with Crippen molar-refractivity contribution in [3.63, 3.8) is 0 Å². The lowest BCUT2D eigenvalue weighted by Gasteiger charge is -2.36. The average Bonchev–Trinajstić information content (AvgIpc) is 3.05. The zero-order valence-electron chi connectivity index (χ0n) is 22.5. The lowest BCUT2D eigenvalue weighted by molar-refractivity contribution is -0.138. The van der Waals surface area contributed by atoms with Crippen molar-refractivity contribution in [3.8, 4) is 6.07 Å². The largest absolute Gasteiger partial charge is 0.417 e. The first-order chi connectivity index (χ1) is 17.7. The van der Waals surface area contributed by atoms with E-state index in [1.807, 2.05) is 4.90 Å². The molecule has 206 valence electrons. The predicted octanol–water partition coefficient (Wildman–Crippen LogP) is 4.91. The highest BCUT2D eigenvalue weighted by Gasteiger charge is 2.39. The van der Waals surface area contributed by atoms with Gasteiger partial charge < -0.3 is 4.90 Å². The summed E-state index contributed by atoms with van der Waals surface area (Å²) in [5, 5.41) is 9.00. The van der Waals surface area contributed by atoms with Crippen LogP contribution in [0.15, 0.2) is 29.3 Å². The number of amides is 3. The molecule has 0 aliphatic carbocycles. The Kier molecular flexibility index (Phi) is 9.03. The SMILES string of the molecule is CC1=C(CCCCCN2CCN(C(=O)CC(C)(C)C)CC2)C(=O)N(c2ccc(C#N)c(C(F)(F)F)c2)C1=O. The van der Waals surface area contributed by atoms with Gasteiger partial charge in [-0.3, -0.25) is 19.3 Å². The van der Waals surface area contributed by atoms with Crippen LogP contribution < -0.4 is 4.90 Å². The molecule has 1 aromatic carbocycles. The summed E-state index contributed by atoms with van der Waals surface area (Å²) in [7, 11) is 0. The predicted molar refractivity (Wildman–Crippen MR) is 137 cm³/mol. The fraction of sp³-hybridized carbons (Fsp3) is 0.571. The van der Waals surface area contributed by atoms with E-state index >= 15 is 0 Å². The van der Waals surface area contributed by atoms with Crippen molar-refractivity contribution in [3.05, 3.63) is 40.5 Å². The molecule has 1 saturated heterocycles. The minimum absolute atomic E-state index is 0.0294. The highest BCUT2D eigenvalue weighted by atomic mass is 19.4. The Morgan fingerprint density at radius 1 is 1.00 bits per heavy atom. The van der Waals surface area contributed by atoms with Crippen molar-refractivity contribution in [2.45, 2.75) is 66.0 Å². The summed E-state index contributed by atoms with van der Waals surface area (Å²) >= 11 is 0. The van der Waals surface area contributed by atoms with Crippen LogP contribution in [0.3, 0.4) is 0 Å². The number of halogens is 3. The van der Waals surface area contributed by atoms with Crippen LogP contribution in [0.4, 0.5) is 18.9 Å². The van der Waals surface area contributed by atoms with Gasteiger partial charge >= 0.3 is 6.18 Å². The molecular formula is C28H35F3N4O3. The highest BCUT2D eigenvalue weighted by molar-refractivity contribution is 6.32. The summed E-state index contributed by atoms with van der Waals surface area (Å²) in [5.41, 5.74) is -1.41. The monoisotopic (exact) mass is 532 g/mol. The van der Waals surface area contributed by atoms with Crippen molar-refractivity contribution < 1.29 is 27.6 Å². The number of nitriles is 1. The number of piperazine rings is 1. The summed E-state index contributed by atoms with van der Waals surface area (Å²) < 4.78 is 40.1. The van der Waals surface area contributed by atoms with Crippen LogP contribution in [0.2, 0.25) is 0 Å². The van der Waals surface area contributed by atoms with E-state index in [0.29, 0.717) is 30.9 Å². The van der Waals surface area contributed by atoms with Gasteiger partial charge in [-0.1, -0.05) is 27.2 Å². The molecule has 10 heteroatoms. The molecule has 0 aromatic heterocycles. The Labute approximate surface area is 221 Å². The Morgan fingerprint density at radius 3 is 2.24 bits per heavy atom. The summed E-state index contributed by atoms with van der Waals surface area (Å²) in [5.74, 6) is -1.05. The first-order valence-corrected chi connectivity index (χ1v) is 12.9. The van der Waals surface area contributed by atoms with Crippen LogP contribution in [-0.4, -0.2) is 60.2 Å². The topological polar surface area (TPSA) is 84.7 Å². The van der Waals surface area contributed by atoms with Gasteiger partial charge in [-0.05, 0) is 56.3 Å². The van der Waals surface area contributed by atoms with Gasteiger partial charge in [-0.15, -0.1) is 0 Å². The molecule has 0 saturated carbocycles. The summed E-state index contributed by atoms with van der Waals surface area (Å²) in [6.45, 7) is 11.7. The second-order valence-electron chi connectivity index (χ2n) is 11.2. The molecule has 2 aliphatic rings. The van der Waals surface area contributed by atoms with Crippen molar-refractivity contribution >= 4 is 23.4 Å². The lowest BCUT2D eigenvalue weighted by atomic mass is 9.91. The summed E-state index contributed by atoms with van der Waals surface area (Å²) in [4.78, 5) is 43.2. The maximum absolute atomic E-state index is 13.4. The van der Waals surface area contributed by atoms with Gasteiger partial charge in [-0.2, -0.15) is 18.4 Å². The molecule has 38 heavy (non-hydrogen) atoms. The number of alkyl halides is 3. The van der Waals surface area contributed by atoms with Crippen LogP contribution in [0, 0.1) is 16.7 Å². The Balaban J connectivity index is 1.48. The van der Waals surface area contributed by atoms with Crippen LogP contribution >= 0.6 is 0 Å². The van der Waals surface area contributed by atoms with Crippen LogP contribution in [0.25, 0.3) is 0 Å². The molecule has 0 unspecified atom stereocenters. The molecule has 0 bridgehead atoms. The Bertz CT molecular complexity index is 1150. The smallest absolute Gasteiger partial charge is 0.340 e. The number of hydrogen-bond acceptors (Lipinski definition) is 5. The molecule has 0 N–H and O–H groups in total. The molecule has 0 spiro atoms. The van der Waals surface area contributed by atoms with Crippen molar-refractivity contribution in [1.82, 2.24) is 9.80 Å². The van der Waals surface area contributed by atoms with Gasteiger partial charge in [-0.25, -0.2) is 4.90 Å². The fourth-order valence-corrected chi connectivity index (χ4v) is 4.82. The van der Waals surface area contributed by atoms with E-state index in [1.54, 1.807) is 0 Å². The molecule has 0 radical (unpaired) electrons. The maximum Gasteiger partial charge on any atom is 0.417 e. The minimum Gasteiger partial charge on any atom is -0.340 e. The molecule has 0 atom stereocenters. The third kappa shape index (κ3) is 7.01. The zero-order chi connectivity index (χ0) is 28.3. The van der Waals surface area contributed by atoms with Gasteiger partial charge in [0.25, 0.3) is 11.8 Å². The van der Waals surface area contributed by atoms with E-state index in [-0.39, 0.29) is 22.6 Å². The molecule has 7 nitrogen and oxygen atoms in total. The molecular weight excluding hydrogens is 497 g/mol. The second-order valence-corrected chi connectivity index (χ2v) is 11.2. The van der Waals surface area contributed by atoms with Gasteiger partial charge in [0.2, 0.25) is 5.91 Å². The summed E-state index contributed by atoms with van der Waals surface area (Å²) in [6.07, 6.45) is -1.48. The Morgan fingerprint density at radius 2 is 1.66 bits per heavy atom. The van der Waals surface area contributed by atoms with E-state index < -0.39 is 29.1 Å². The van der Waals surface area contributed by atoms with E-state index in [1.165, 1.54) is 19.1 Å². The number of hydrogen-bond donors (Lipinski definition) is 0. The number of carbonyl (C=O) groups excluding carboxylic acids is 3. The minimum atomic E-state index is -4.78. The molecule has 3 rings (SSSR count). The van der Waals surface area contributed by atoms with E-state index in [0.717, 1.165) is 56.5 Å². The van der Waals surface area contributed by atoms with E-state index in [2.05, 4.69) is 25.7 Å². The number of unbranched alkanes of at least 4 members (excludes halogenated alkanes) is 2. The lowest BCUT2D eigenvalue weighted by Crippen LogP contribution is -2.49. The summed E-state index contributed by atoms with van der Waals surface area (Å²) in [6, 6.07) is 4.35. The third-order valence-electron chi connectivity index (χ3n) is 6.93. The number of benzene rings is 1. The van der Waals surface area contributed by atoms with Crippen LogP contribution in [0.1, 0.15) is 70.9 Å². The number of carbonyl (C=O) groups is 3. The highest BCUT2D eigenvalue weighted by Crippen LogP contribution is 2.37. The Hall–Kier alpha value is -3.19. The van der Waals surface area contributed by atoms with Gasteiger partial charge in [0, 0.05) is 43.7 Å². The van der Waals surface area contributed by atoms with Crippen LogP contribution in [-0.2, 0) is 20.6 Å². The maximum atomic E-state index is 13.4. The van der Waals surface area contributed by atoms with Gasteiger partial charge in [0.1, 0.15) is 0 Å². The normalized spacial score (nSPS) is 17.4. The molecule has 3 amide bonds. The number of nitrogens with zero attached hydrogens (tertiary/aromatic N) is 4. The first-order valence-electron chi connectivity index (χ1n) is 12.9. The standard InChI is InChI=1S/C28H35F3N4O3/c1-19-22(8-6-5-7-11-33-12-14-34(15-13-33)24(36)17-27(2,3)4)26(38)35(25(19)37)21-10-9-20(18-32)23(16-21)28(29,30)31/h9-10,16H,5-8,11-15,17H2,1-4H3. The first kappa shape index (κ1) is 29.4.